The van der Waals surface area contributed by atoms with Gasteiger partial charge in [0.2, 0.25) is 0 Å². The molecule has 0 aromatic heterocycles. The number of hydrogen-bond donors (Lipinski definition) is 1. The second-order valence-corrected chi connectivity index (χ2v) is 7.40. The minimum atomic E-state index is -0.474. The van der Waals surface area contributed by atoms with Crippen LogP contribution in [-0.4, -0.2) is 17.8 Å². The van der Waals surface area contributed by atoms with Gasteiger partial charge in [-0.3, -0.25) is 0 Å². The molecule has 0 radical (unpaired) electrons. The summed E-state index contributed by atoms with van der Waals surface area (Å²) in [5.41, 5.74) is 2.06. The number of hydrogen-bond acceptors (Lipinski definition) is 2. The van der Waals surface area contributed by atoms with Crippen LogP contribution in [0.2, 0.25) is 0 Å². The molecule has 0 bridgehead atoms. The summed E-state index contributed by atoms with van der Waals surface area (Å²) in [6.45, 7) is 4.45. The number of aryl methyl sites for hydroxylation is 1. The second kappa shape index (κ2) is 5.31. The first-order chi connectivity index (χ1) is 10.00. The molecule has 1 N–H and O–H groups in total. The normalized spacial score (nSPS) is 33.0. The van der Waals surface area contributed by atoms with Crippen molar-refractivity contribution in [3.8, 4) is 5.75 Å². The topological polar surface area (TPSA) is 29.5 Å². The maximum Gasteiger partial charge on any atom is 0.122 e. The van der Waals surface area contributed by atoms with E-state index < -0.39 is 5.60 Å². The number of methoxy groups -OCH3 is 1. The van der Waals surface area contributed by atoms with Crippen molar-refractivity contribution in [1.82, 2.24) is 0 Å². The smallest absolute Gasteiger partial charge is 0.122 e. The lowest BCUT2D eigenvalue weighted by Gasteiger charge is -2.50. The van der Waals surface area contributed by atoms with Crippen molar-refractivity contribution >= 4 is 0 Å². The molecule has 1 aromatic rings. The Bertz CT molecular complexity index is 520. The van der Waals surface area contributed by atoms with E-state index in [4.69, 9.17) is 4.74 Å². The van der Waals surface area contributed by atoms with Gasteiger partial charge in [0.05, 0.1) is 12.7 Å². The maximum absolute atomic E-state index is 11.4. The Kier molecular flexibility index (Phi) is 3.77. The molecule has 0 aliphatic heterocycles. The Morgan fingerprint density at radius 1 is 1.24 bits per heavy atom. The van der Waals surface area contributed by atoms with Gasteiger partial charge in [-0.1, -0.05) is 31.9 Å². The van der Waals surface area contributed by atoms with Gasteiger partial charge >= 0.3 is 0 Å². The van der Waals surface area contributed by atoms with Crippen molar-refractivity contribution in [2.45, 2.75) is 64.4 Å². The standard InChI is InChI=1S/C19H28O2/c1-14-7-6-8-17(21-3)16(14)13-18(2)11-4-5-12-19(18,20)15-9-10-15/h6-8,15,20H,4-5,9-13H2,1-3H3. The lowest BCUT2D eigenvalue weighted by molar-refractivity contribution is -0.122. The molecule has 2 unspecified atom stereocenters. The van der Waals surface area contributed by atoms with Crippen LogP contribution in [0.4, 0.5) is 0 Å². The Labute approximate surface area is 128 Å². The van der Waals surface area contributed by atoms with Gasteiger partial charge in [-0.15, -0.1) is 0 Å². The van der Waals surface area contributed by atoms with Gasteiger partial charge in [-0.05, 0) is 62.1 Å². The van der Waals surface area contributed by atoms with E-state index in [0.29, 0.717) is 5.92 Å². The van der Waals surface area contributed by atoms with Crippen molar-refractivity contribution in [2.75, 3.05) is 7.11 Å². The summed E-state index contributed by atoms with van der Waals surface area (Å²) in [4.78, 5) is 0. The first-order valence-corrected chi connectivity index (χ1v) is 8.35. The van der Waals surface area contributed by atoms with Gasteiger partial charge in [0.1, 0.15) is 5.75 Å². The Morgan fingerprint density at radius 2 is 1.95 bits per heavy atom. The van der Waals surface area contributed by atoms with Gasteiger partial charge in [0.15, 0.2) is 0 Å². The Balaban J connectivity index is 1.95. The average Bonchev–Trinajstić information content (AvgIpc) is 3.29. The Hall–Kier alpha value is -1.02. The van der Waals surface area contributed by atoms with E-state index in [1.165, 1.54) is 36.8 Å². The van der Waals surface area contributed by atoms with Gasteiger partial charge in [0, 0.05) is 5.41 Å². The van der Waals surface area contributed by atoms with Crippen LogP contribution >= 0.6 is 0 Å². The van der Waals surface area contributed by atoms with Crippen LogP contribution in [0.3, 0.4) is 0 Å². The highest BCUT2D eigenvalue weighted by atomic mass is 16.5. The third kappa shape index (κ3) is 2.48. The van der Waals surface area contributed by atoms with E-state index in [2.05, 4.69) is 19.9 Å². The molecule has 0 spiro atoms. The molecule has 3 rings (SSSR count). The minimum Gasteiger partial charge on any atom is -0.496 e. The van der Waals surface area contributed by atoms with Crippen LogP contribution in [0.1, 0.15) is 56.6 Å². The molecule has 2 aliphatic rings. The maximum atomic E-state index is 11.4. The molecule has 0 amide bonds. The minimum absolute atomic E-state index is 0.0220. The number of ether oxygens (including phenoxy) is 1. The van der Waals surface area contributed by atoms with Crippen LogP contribution < -0.4 is 4.74 Å². The molecule has 0 heterocycles. The molecular formula is C19H28O2. The van der Waals surface area contributed by atoms with Crippen LogP contribution in [0.25, 0.3) is 0 Å². The molecule has 2 atom stereocenters. The molecule has 2 aliphatic carbocycles. The lowest BCUT2D eigenvalue weighted by Crippen LogP contribution is -2.52. The Morgan fingerprint density at radius 3 is 2.62 bits per heavy atom. The molecule has 2 fully saturated rings. The van der Waals surface area contributed by atoms with Crippen LogP contribution in [-0.2, 0) is 6.42 Å². The van der Waals surface area contributed by atoms with E-state index in [1.54, 1.807) is 7.11 Å². The fraction of sp³-hybridized carbons (Fsp3) is 0.684. The highest BCUT2D eigenvalue weighted by Crippen LogP contribution is 2.57. The lowest BCUT2D eigenvalue weighted by atomic mass is 9.59. The number of benzene rings is 1. The molecular weight excluding hydrogens is 260 g/mol. The third-order valence-electron chi connectivity index (χ3n) is 5.99. The van der Waals surface area contributed by atoms with Crippen molar-refractivity contribution < 1.29 is 9.84 Å². The zero-order valence-electron chi connectivity index (χ0n) is 13.6. The van der Waals surface area contributed by atoms with Gasteiger partial charge in [-0.25, -0.2) is 0 Å². The van der Waals surface area contributed by atoms with Crippen LogP contribution in [0, 0.1) is 18.3 Å². The monoisotopic (exact) mass is 288 g/mol. The highest BCUT2D eigenvalue weighted by Gasteiger charge is 2.56. The van der Waals surface area contributed by atoms with Gasteiger partial charge < -0.3 is 9.84 Å². The van der Waals surface area contributed by atoms with Crippen molar-refractivity contribution in [1.29, 1.82) is 0 Å². The zero-order valence-corrected chi connectivity index (χ0v) is 13.6. The average molecular weight is 288 g/mol. The second-order valence-electron chi connectivity index (χ2n) is 7.40. The summed E-state index contributed by atoms with van der Waals surface area (Å²) in [5.74, 6) is 1.50. The summed E-state index contributed by atoms with van der Waals surface area (Å²) >= 11 is 0. The highest BCUT2D eigenvalue weighted by molar-refractivity contribution is 5.41. The summed E-state index contributed by atoms with van der Waals surface area (Å²) in [7, 11) is 1.74. The molecule has 21 heavy (non-hydrogen) atoms. The van der Waals surface area contributed by atoms with Crippen LogP contribution in [0.15, 0.2) is 18.2 Å². The van der Waals surface area contributed by atoms with Crippen molar-refractivity contribution in [3.63, 3.8) is 0 Å². The van der Waals surface area contributed by atoms with Crippen LogP contribution in [0.5, 0.6) is 5.75 Å². The molecule has 2 heteroatoms. The summed E-state index contributed by atoms with van der Waals surface area (Å²) < 4.78 is 5.58. The molecule has 116 valence electrons. The summed E-state index contributed by atoms with van der Waals surface area (Å²) in [5, 5.41) is 11.4. The van der Waals surface area contributed by atoms with Crippen molar-refractivity contribution in [3.05, 3.63) is 29.3 Å². The molecule has 2 saturated carbocycles. The van der Waals surface area contributed by atoms with E-state index in [1.807, 2.05) is 12.1 Å². The predicted molar refractivity (Wildman–Crippen MR) is 85.7 cm³/mol. The zero-order chi connectivity index (χ0) is 15.1. The van der Waals surface area contributed by atoms with Gasteiger partial charge in [-0.2, -0.15) is 0 Å². The summed E-state index contributed by atoms with van der Waals surface area (Å²) in [6, 6.07) is 6.25. The predicted octanol–water partition coefficient (Wildman–Crippen LogP) is 4.27. The molecule has 0 saturated heterocycles. The first kappa shape index (κ1) is 14.9. The van der Waals surface area contributed by atoms with E-state index in [0.717, 1.165) is 25.0 Å². The largest absolute Gasteiger partial charge is 0.496 e. The SMILES string of the molecule is COc1cccc(C)c1CC1(C)CCCCC1(O)C1CC1. The van der Waals surface area contributed by atoms with Crippen molar-refractivity contribution in [2.24, 2.45) is 11.3 Å². The summed E-state index contributed by atoms with van der Waals surface area (Å²) in [6.07, 6.45) is 7.84. The molecule has 1 aromatic carbocycles. The quantitative estimate of drug-likeness (QED) is 0.896. The van der Waals surface area contributed by atoms with Gasteiger partial charge in [0.25, 0.3) is 0 Å². The van der Waals surface area contributed by atoms with E-state index >= 15 is 0 Å². The van der Waals surface area contributed by atoms with E-state index in [9.17, 15) is 5.11 Å². The molecule has 2 nitrogen and oxygen atoms in total. The number of aliphatic hydroxyl groups is 1. The van der Waals surface area contributed by atoms with E-state index in [-0.39, 0.29) is 5.41 Å². The number of rotatable bonds is 4. The fourth-order valence-electron chi connectivity index (χ4n) is 4.41. The fourth-order valence-corrected chi connectivity index (χ4v) is 4.41. The third-order valence-corrected chi connectivity index (χ3v) is 5.99. The first-order valence-electron chi connectivity index (χ1n) is 8.35.